The van der Waals surface area contributed by atoms with Crippen molar-refractivity contribution >= 4 is 17.4 Å². The van der Waals surface area contributed by atoms with E-state index in [0.717, 1.165) is 29.5 Å². The van der Waals surface area contributed by atoms with Gasteiger partial charge in [-0.2, -0.15) is 0 Å². The lowest BCUT2D eigenvalue weighted by Gasteiger charge is -2.41. The number of aromatic nitrogens is 2. The van der Waals surface area contributed by atoms with Crippen molar-refractivity contribution in [3.05, 3.63) is 42.4 Å². The lowest BCUT2D eigenvalue weighted by atomic mass is 10.1. The molecule has 3 rings (SSSR count). The minimum atomic E-state index is -0.435. The van der Waals surface area contributed by atoms with Crippen LogP contribution in [0, 0.1) is 6.92 Å². The summed E-state index contributed by atoms with van der Waals surface area (Å²) in [6.45, 7) is 3.86. The first-order chi connectivity index (χ1) is 11.6. The quantitative estimate of drug-likeness (QED) is 0.901. The van der Waals surface area contributed by atoms with Crippen LogP contribution in [0.25, 0.3) is 0 Å². The monoisotopic (exact) mass is 327 g/mol. The molecule has 1 amide bonds. The summed E-state index contributed by atoms with van der Waals surface area (Å²) in [4.78, 5) is 24.5. The maximum absolute atomic E-state index is 12.0. The van der Waals surface area contributed by atoms with Crippen molar-refractivity contribution in [2.45, 2.75) is 13.0 Å². The molecule has 0 radical (unpaired) electrons. The maximum Gasteiger partial charge on any atom is 0.242 e. The Morgan fingerprint density at radius 3 is 2.62 bits per heavy atom. The third-order valence-electron chi connectivity index (χ3n) is 4.23. The van der Waals surface area contributed by atoms with Crippen LogP contribution in [0.3, 0.4) is 0 Å². The van der Waals surface area contributed by atoms with Crippen LogP contribution in [0.5, 0.6) is 5.75 Å². The van der Waals surface area contributed by atoms with E-state index in [2.05, 4.69) is 14.9 Å². The summed E-state index contributed by atoms with van der Waals surface area (Å²) in [6, 6.07) is 9.24. The summed E-state index contributed by atoms with van der Waals surface area (Å²) in [6.07, 6.45) is 1.51. The second-order valence-electron chi connectivity index (χ2n) is 5.77. The molecule has 1 fully saturated rings. The zero-order valence-corrected chi connectivity index (χ0v) is 13.8. The van der Waals surface area contributed by atoms with Gasteiger partial charge in [-0.15, -0.1) is 0 Å². The minimum absolute atomic E-state index is 0.357. The number of benzene rings is 1. The predicted molar refractivity (Wildman–Crippen MR) is 92.3 cm³/mol. The fraction of sp³-hybridized carbons (Fsp3) is 0.353. The zero-order valence-electron chi connectivity index (χ0n) is 13.8. The Morgan fingerprint density at radius 2 is 2.00 bits per heavy atom. The summed E-state index contributed by atoms with van der Waals surface area (Å²) < 4.78 is 5.19. The number of methoxy groups -OCH3 is 1. The number of ether oxygens (including phenoxy) is 1. The predicted octanol–water partition coefficient (Wildman–Crippen LogP) is 0.974. The summed E-state index contributed by atoms with van der Waals surface area (Å²) >= 11 is 0. The van der Waals surface area contributed by atoms with Crippen LogP contribution < -0.4 is 20.3 Å². The highest BCUT2D eigenvalue weighted by atomic mass is 16.5. The molecule has 1 aliphatic heterocycles. The summed E-state index contributed by atoms with van der Waals surface area (Å²) in [7, 11) is 1.64. The average molecular weight is 327 g/mol. The number of nitrogens with zero attached hydrogens (tertiary/aromatic N) is 4. The fourth-order valence-corrected chi connectivity index (χ4v) is 2.93. The van der Waals surface area contributed by atoms with Crippen LogP contribution in [-0.2, 0) is 4.79 Å². The molecule has 1 atom stereocenters. The number of hydrogen-bond donors (Lipinski definition) is 1. The van der Waals surface area contributed by atoms with Gasteiger partial charge in [-0.1, -0.05) is 0 Å². The van der Waals surface area contributed by atoms with Crippen LogP contribution in [0.2, 0.25) is 0 Å². The lowest BCUT2D eigenvalue weighted by Crippen LogP contribution is -2.58. The number of rotatable bonds is 4. The van der Waals surface area contributed by atoms with Crippen molar-refractivity contribution < 1.29 is 9.53 Å². The molecular formula is C17H21N5O2. The number of piperazine rings is 1. The van der Waals surface area contributed by atoms with Gasteiger partial charge in [0, 0.05) is 37.1 Å². The topological polar surface area (TPSA) is 84.6 Å². The van der Waals surface area contributed by atoms with Gasteiger partial charge in [0.05, 0.1) is 7.11 Å². The van der Waals surface area contributed by atoms with Crippen molar-refractivity contribution in [2.24, 2.45) is 5.73 Å². The van der Waals surface area contributed by atoms with Crippen molar-refractivity contribution in [3.8, 4) is 5.75 Å². The third kappa shape index (κ3) is 3.24. The van der Waals surface area contributed by atoms with E-state index in [0.29, 0.717) is 13.1 Å². The van der Waals surface area contributed by atoms with Crippen LogP contribution in [0.15, 0.2) is 36.7 Å². The molecule has 0 unspecified atom stereocenters. The number of anilines is 2. The van der Waals surface area contributed by atoms with E-state index in [1.807, 2.05) is 42.2 Å². The number of hydrogen-bond acceptors (Lipinski definition) is 6. The van der Waals surface area contributed by atoms with Crippen LogP contribution >= 0.6 is 0 Å². The summed E-state index contributed by atoms with van der Waals surface area (Å²) in [5.74, 6) is 1.19. The van der Waals surface area contributed by atoms with Gasteiger partial charge in [-0.3, -0.25) is 4.79 Å². The SMILES string of the molecule is COc1ccc(N2CCN(c3cc(C)ncn3)[C@@H](C(N)=O)C2)cc1. The molecule has 0 aliphatic carbocycles. The van der Waals surface area contributed by atoms with Gasteiger partial charge in [0.2, 0.25) is 5.91 Å². The van der Waals surface area contributed by atoms with Gasteiger partial charge in [0.15, 0.2) is 0 Å². The number of nitrogens with two attached hydrogens (primary N) is 1. The molecule has 1 aromatic heterocycles. The number of amides is 1. The van der Waals surface area contributed by atoms with E-state index in [9.17, 15) is 4.79 Å². The smallest absolute Gasteiger partial charge is 0.242 e. The van der Waals surface area contributed by atoms with Crippen LogP contribution in [-0.4, -0.2) is 48.7 Å². The first-order valence-corrected chi connectivity index (χ1v) is 7.82. The lowest BCUT2D eigenvalue weighted by molar-refractivity contribution is -0.119. The van der Waals surface area contributed by atoms with Crippen molar-refractivity contribution in [1.82, 2.24) is 9.97 Å². The minimum Gasteiger partial charge on any atom is -0.497 e. The Morgan fingerprint density at radius 1 is 1.25 bits per heavy atom. The maximum atomic E-state index is 12.0. The summed E-state index contributed by atoms with van der Waals surface area (Å²) in [5.41, 5.74) is 7.55. The highest BCUT2D eigenvalue weighted by Gasteiger charge is 2.32. The van der Waals surface area contributed by atoms with Gasteiger partial charge in [0.25, 0.3) is 0 Å². The van der Waals surface area contributed by atoms with E-state index >= 15 is 0 Å². The Balaban J connectivity index is 1.81. The molecule has 0 spiro atoms. The average Bonchev–Trinajstić information content (AvgIpc) is 2.61. The van der Waals surface area contributed by atoms with Crippen molar-refractivity contribution in [2.75, 3.05) is 36.5 Å². The normalized spacial score (nSPS) is 17.7. The first kappa shape index (κ1) is 16.0. The molecule has 1 aromatic carbocycles. The van der Waals surface area contributed by atoms with Gasteiger partial charge >= 0.3 is 0 Å². The molecule has 1 saturated heterocycles. The molecular weight excluding hydrogens is 306 g/mol. The third-order valence-corrected chi connectivity index (χ3v) is 4.23. The van der Waals surface area contributed by atoms with E-state index < -0.39 is 6.04 Å². The molecule has 7 heteroatoms. The van der Waals surface area contributed by atoms with E-state index in [1.54, 1.807) is 7.11 Å². The molecule has 7 nitrogen and oxygen atoms in total. The molecule has 2 heterocycles. The van der Waals surface area contributed by atoms with Gasteiger partial charge < -0.3 is 20.3 Å². The number of carbonyl (C=O) groups is 1. The number of aryl methyl sites for hydroxylation is 1. The number of primary amides is 1. The van der Waals surface area contributed by atoms with E-state index in [-0.39, 0.29) is 5.91 Å². The number of carbonyl (C=O) groups excluding carboxylic acids is 1. The van der Waals surface area contributed by atoms with Crippen molar-refractivity contribution in [3.63, 3.8) is 0 Å². The van der Waals surface area contributed by atoms with E-state index in [4.69, 9.17) is 10.5 Å². The second kappa shape index (κ2) is 6.74. The Hall–Kier alpha value is -2.83. The zero-order chi connectivity index (χ0) is 17.1. The molecule has 126 valence electrons. The largest absolute Gasteiger partial charge is 0.497 e. The fourth-order valence-electron chi connectivity index (χ4n) is 2.93. The first-order valence-electron chi connectivity index (χ1n) is 7.82. The molecule has 0 saturated carbocycles. The molecule has 1 aliphatic rings. The Kier molecular flexibility index (Phi) is 4.50. The van der Waals surface area contributed by atoms with E-state index in [1.165, 1.54) is 6.33 Å². The van der Waals surface area contributed by atoms with Gasteiger partial charge in [-0.05, 0) is 31.2 Å². The standard InChI is InChI=1S/C17H21N5O2/c1-12-9-16(20-11-19-12)22-8-7-21(10-15(22)17(18)23)13-3-5-14(24-2)6-4-13/h3-6,9,11,15H,7-8,10H2,1-2H3,(H2,18,23)/t15-/m1/s1. The molecule has 2 N–H and O–H groups in total. The van der Waals surface area contributed by atoms with Gasteiger partial charge in [0.1, 0.15) is 23.9 Å². The second-order valence-corrected chi connectivity index (χ2v) is 5.77. The van der Waals surface area contributed by atoms with Crippen molar-refractivity contribution in [1.29, 1.82) is 0 Å². The highest BCUT2D eigenvalue weighted by molar-refractivity contribution is 5.84. The van der Waals surface area contributed by atoms with Gasteiger partial charge in [-0.25, -0.2) is 9.97 Å². The molecule has 0 bridgehead atoms. The Labute approximate surface area is 141 Å². The highest BCUT2D eigenvalue weighted by Crippen LogP contribution is 2.24. The molecule has 24 heavy (non-hydrogen) atoms. The molecule has 2 aromatic rings. The summed E-state index contributed by atoms with van der Waals surface area (Å²) in [5, 5.41) is 0. The Bertz CT molecular complexity index is 719. The van der Waals surface area contributed by atoms with Crippen LogP contribution in [0.1, 0.15) is 5.69 Å². The van der Waals surface area contributed by atoms with Crippen LogP contribution in [0.4, 0.5) is 11.5 Å².